The lowest BCUT2D eigenvalue weighted by atomic mass is 10.0. The second-order valence-corrected chi connectivity index (χ2v) is 10.5. The number of carbonyl (C=O) groups is 3. The van der Waals surface area contributed by atoms with Crippen molar-refractivity contribution >= 4 is 23.7 Å². The highest BCUT2D eigenvalue weighted by atomic mass is 16.6. The van der Waals surface area contributed by atoms with Crippen LogP contribution in [0.1, 0.15) is 64.9 Å². The van der Waals surface area contributed by atoms with E-state index in [9.17, 15) is 19.5 Å². The van der Waals surface area contributed by atoms with Gasteiger partial charge in [0.1, 0.15) is 11.6 Å². The quantitative estimate of drug-likeness (QED) is 0.369. The molecule has 1 aliphatic carbocycles. The van der Waals surface area contributed by atoms with E-state index in [0.717, 1.165) is 30.7 Å². The molecule has 2 heterocycles. The van der Waals surface area contributed by atoms with Crippen LogP contribution in [0, 0.1) is 0 Å². The zero-order valence-electron chi connectivity index (χ0n) is 20.7. The number of aliphatic hydroxyl groups excluding tert-OH is 1. The van der Waals surface area contributed by atoms with Gasteiger partial charge in [-0.25, -0.2) is 25.3 Å². The molecular formula is C25H36N4O6. The summed E-state index contributed by atoms with van der Waals surface area (Å²) in [6.07, 6.45) is 1.73. The molecule has 1 saturated heterocycles. The molecule has 1 saturated carbocycles. The van der Waals surface area contributed by atoms with Crippen LogP contribution in [0.15, 0.2) is 24.3 Å². The third-order valence-corrected chi connectivity index (χ3v) is 6.86. The molecule has 0 spiro atoms. The van der Waals surface area contributed by atoms with Crippen LogP contribution < -0.4 is 10.9 Å². The number of carbonyl (C=O) groups excluding carboxylic acids is 3. The van der Waals surface area contributed by atoms with Gasteiger partial charge in [0, 0.05) is 19.0 Å². The van der Waals surface area contributed by atoms with Gasteiger partial charge in [-0.2, -0.15) is 0 Å². The molecule has 2 amide bonds. The number of nitrogens with two attached hydrogens (primary N) is 1. The lowest BCUT2D eigenvalue weighted by Gasteiger charge is -2.37. The molecule has 0 aromatic heterocycles. The van der Waals surface area contributed by atoms with E-state index >= 15 is 0 Å². The zero-order valence-corrected chi connectivity index (χ0v) is 20.7. The highest BCUT2D eigenvalue weighted by Crippen LogP contribution is 2.32. The molecule has 1 aromatic carbocycles. The highest BCUT2D eigenvalue weighted by Gasteiger charge is 2.44. The number of fused-ring (bicyclic) bond motifs is 2. The van der Waals surface area contributed by atoms with Gasteiger partial charge in [-0.05, 0) is 58.1 Å². The summed E-state index contributed by atoms with van der Waals surface area (Å²) in [6.45, 7) is 5.75. The minimum atomic E-state index is -1.55. The van der Waals surface area contributed by atoms with Gasteiger partial charge < -0.3 is 14.6 Å². The molecule has 4 rings (SSSR count). The Labute approximate surface area is 205 Å². The number of rotatable bonds is 2. The van der Waals surface area contributed by atoms with E-state index in [1.54, 1.807) is 45.0 Å². The maximum absolute atomic E-state index is 13.7. The summed E-state index contributed by atoms with van der Waals surface area (Å²) >= 11 is 0. The monoisotopic (exact) mass is 488 g/mol. The number of ether oxygens (including phenoxy) is 2. The van der Waals surface area contributed by atoms with Crippen LogP contribution in [0.2, 0.25) is 0 Å². The zero-order chi connectivity index (χ0) is 25.3. The van der Waals surface area contributed by atoms with Crippen LogP contribution in [-0.2, 0) is 25.5 Å². The fourth-order valence-corrected chi connectivity index (χ4v) is 5.21. The second kappa shape index (κ2) is 10.1. The topological polar surface area (TPSA) is 126 Å². The predicted molar refractivity (Wildman–Crippen MR) is 128 cm³/mol. The number of para-hydroxylation sites is 1. The lowest BCUT2D eigenvalue weighted by molar-refractivity contribution is -0.175. The van der Waals surface area contributed by atoms with Gasteiger partial charge in [0.25, 0.3) is 5.91 Å². The van der Waals surface area contributed by atoms with Gasteiger partial charge in [0.15, 0.2) is 12.5 Å². The van der Waals surface area contributed by atoms with Crippen molar-refractivity contribution in [1.29, 1.82) is 0 Å². The van der Waals surface area contributed by atoms with Crippen LogP contribution >= 0.6 is 0 Å². The first kappa shape index (κ1) is 25.4. The van der Waals surface area contributed by atoms with Gasteiger partial charge in [-0.15, -0.1) is 0 Å². The number of hydrogen-bond donors (Lipinski definition) is 2. The molecule has 1 aromatic rings. The molecule has 3 atom stereocenters. The average Bonchev–Trinajstić information content (AvgIpc) is 3.48. The van der Waals surface area contributed by atoms with Crippen LogP contribution in [0.5, 0.6) is 0 Å². The molecule has 3 aliphatic rings. The number of hydrazine groups is 1. The second-order valence-electron chi connectivity index (χ2n) is 10.5. The van der Waals surface area contributed by atoms with E-state index in [0.29, 0.717) is 30.6 Å². The first-order valence-electron chi connectivity index (χ1n) is 12.4. The molecule has 0 radical (unpaired) electrons. The first-order chi connectivity index (χ1) is 16.6. The maximum atomic E-state index is 13.7. The van der Waals surface area contributed by atoms with E-state index < -0.39 is 42.1 Å². The Kier molecular flexibility index (Phi) is 7.35. The van der Waals surface area contributed by atoms with E-state index in [4.69, 9.17) is 15.3 Å². The fraction of sp³-hybridized carbons (Fsp3) is 0.640. The van der Waals surface area contributed by atoms with E-state index in [-0.39, 0.29) is 12.5 Å². The third kappa shape index (κ3) is 5.44. The Balaban J connectivity index is 1.79. The van der Waals surface area contributed by atoms with Gasteiger partial charge in [0.2, 0.25) is 0 Å². The predicted octanol–water partition coefficient (Wildman–Crippen LogP) is 2.28. The Morgan fingerprint density at radius 3 is 2.51 bits per heavy atom. The van der Waals surface area contributed by atoms with Gasteiger partial charge in [-0.3, -0.25) is 9.69 Å². The lowest BCUT2D eigenvalue weighted by Crippen LogP contribution is -2.55. The average molecular weight is 489 g/mol. The van der Waals surface area contributed by atoms with Crippen molar-refractivity contribution in [3.05, 3.63) is 29.8 Å². The van der Waals surface area contributed by atoms with E-state index in [1.807, 2.05) is 0 Å². The Morgan fingerprint density at radius 1 is 1.14 bits per heavy atom. The summed E-state index contributed by atoms with van der Waals surface area (Å²) in [7, 11) is 0. The van der Waals surface area contributed by atoms with E-state index in [1.165, 1.54) is 9.80 Å². The van der Waals surface area contributed by atoms with Crippen molar-refractivity contribution in [1.82, 2.24) is 9.80 Å². The number of hydrogen-bond acceptors (Lipinski definition) is 8. The standard InChI is InChI=1S/C25H36N4O6/c1-25(2,3)35-24(33)28(17-10-5-6-11-17)19-15-16-9-4-7-12-18(16)29(26)22(31)21(30)27-14-8-13-20(27)34-23(19)32/h4,7,9,12,17,19-21,30H,5-6,8,10-11,13-15,26H2,1-3H3. The smallest absolute Gasteiger partial charge is 0.411 e. The summed E-state index contributed by atoms with van der Waals surface area (Å²) in [4.78, 5) is 43.2. The van der Waals surface area contributed by atoms with Crippen LogP contribution in [0.4, 0.5) is 10.5 Å². The third-order valence-electron chi connectivity index (χ3n) is 6.86. The molecule has 2 aliphatic heterocycles. The SMILES string of the molecule is CC(C)(C)OC(=O)N(C1CCCC1)C1Cc2ccccc2N(N)C(=O)C(O)N2CCCC2OC1=O. The number of nitrogens with zero attached hydrogens (tertiary/aromatic N) is 3. The van der Waals surface area contributed by atoms with Gasteiger partial charge in [-0.1, -0.05) is 31.0 Å². The molecule has 10 nitrogen and oxygen atoms in total. The summed E-state index contributed by atoms with van der Waals surface area (Å²) in [5.41, 5.74) is 0.212. The van der Waals surface area contributed by atoms with E-state index in [2.05, 4.69) is 0 Å². The fourth-order valence-electron chi connectivity index (χ4n) is 5.21. The summed E-state index contributed by atoms with van der Waals surface area (Å²) < 4.78 is 11.6. The minimum absolute atomic E-state index is 0.0918. The molecular weight excluding hydrogens is 452 g/mol. The van der Waals surface area contributed by atoms with Crippen molar-refractivity contribution < 1.29 is 29.0 Å². The van der Waals surface area contributed by atoms with Gasteiger partial charge >= 0.3 is 12.1 Å². The largest absolute Gasteiger partial charge is 0.445 e. The Morgan fingerprint density at radius 2 is 1.83 bits per heavy atom. The van der Waals surface area contributed by atoms with Gasteiger partial charge in [0.05, 0.1) is 5.69 Å². The summed E-state index contributed by atoms with van der Waals surface area (Å²) in [5, 5.41) is 11.7. The molecule has 10 heteroatoms. The van der Waals surface area contributed by atoms with Crippen molar-refractivity contribution in [2.45, 2.75) is 95.9 Å². The molecule has 35 heavy (non-hydrogen) atoms. The molecule has 3 unspecified atom stereocenters. The number of anilines is 1. The number of esters is 1. The normalized spacial score (nSPS) is 26.5. The summed E-state index contributed by atoms with van der Waals surface area (Å²) in [6, 6.07) is 5.79. The Hall–Kier alpha value is -2.69. The molecule has 3 N–H and O–H groups in total. The van der Waals surface area contributed by atoms with Crippen molar-refractivity contribution in [2.75, 3.05) is 11.6 Å². The number of benzene rings is 1. The molecule has 192 valence electrons. The van der Waals surface area contributed by atoms with Crippen LogP contribution in [0.3, 0.4) is 0 Å². The van der Waals surface area contributed by atoms with Crippen molar-refractivity contribution in [3.63, 3.8) is 0 Å². The number of amides is 2. The maximum Gasteiger partial charge on any atom is 0.411 e. The molecule has 2 fully saturated rings. The minimum Gasteiger partial charge on any atom is -0.445 e. The van der Waals surface area contributed by atoms with Crippen LogP contribution in [0.25, 0.3) is 0 Å². The van der Waals surface area contributed by atoms with Crippen molar-refractivity contribution in [3.8, 4) is 0 Å². The molecule has 0 bridgehead atoms. The highest BCUT2D eigenvalue weighted by molar-refractivity contribution is 5.96. The number of aliphatic hydroxyl groups is 1. The van der Waals surface area contributed by atoms with Crippen LogP contribution in [-0.4, -0.2) is 69.6 Å². The Bertz CT molecular complexity index is 958. The van der Waals surface area contributed by atoms with Crippen molar-refractivity contribution in [2.24, 2.45) is 5.84 Å². The first-order valence-corrected chi connectivity index (χ1v) is 12.4. The summed E-state index contributed by atoms with van der Waals surface area (Å²) in [5.74, 6) is 4.90.